The number of pyridine rings is 1. The summed E-state index contributed by atoms with van der Waals surface area (Å²) in [4.78, 5) is 21.8. The van der Waals surface area contributed by atoms with E-state index < -0.39 is 0 Å². The van der Waals surface area contributed by atoms with Crippen LogP contribution in [0, 0.1) is 13.8 Å². The van der Waals surface area contributed by atoms with Gasteiger partial charge in [-0.25, -0.2) is 4.98 Å². The zero-order valence-electron chi connectivity index (χ0n) is 13.8. The van der Waals surface area contributed by atoms with E-state index >= 15 is 0 Å². The lowest BCUT2D eigenvalue weighted by Crippen LogP contribution is -2.22. The summed E-state index contributed by atoms with van der Waals surface area (Å²) in [6, 6.07) is 7.51. The van der Waals surface area contributed by atoms with Gasteiger partial charge >= 0.3 is 0 Å². The van der Waals surface area contributed by atoms with Crippen molar-refractivity contribution < 1.29 is 0 Å². The number of hydrogen-bond acceptors (Lipinski definition) is 4. The van der Waals surface area contributed by atoms with Crippen LogP contribution in [0.1, 0.15) is 29.8 Å². The van der Waals surface area contributed by atoms with Crippen LogP contribution < -0.4 is 11.3 Å². The van der Waals surface area contributed by atoms with E-state index in [4.69, 9.17) is 10.7 Å². The Hall–Kier alpha value is -2.53. The average Bonchev–Trinajstić information content (AvgIpc) is 2.51. The smallest absolute Gasteiger partial charge is 0.261 e. The zero-order chi connectivity index (χ0) is 16.7. The van der Waals surface area contributed by atoms with E-state index in [2.05, 4.69) is 4.98 Å². The lowest BCUT2D eigenvalue weighted by molar-refractivity contribution is 0.813. The molecule has 2 aromatic heterocycles. The molecule has 0 saturated carbocycles. The summed E-state index contributed by atoms with van der Waals surface area (Å²) in [6.07, 6.45) is 1.74. The Balaban J connectivity index is 2.39. The van der Waals surface area contributed by atoms with Crippen LogP contribution in [0.2, 0.25) is 0 Å². The van der Waals surface area contributed by atoms with Crippen LogP contribution >= 0.6 is 0 Å². The summed E-state index contributed by atoms with van der Waals surface area (Å²) in [5, 5.41) is 0.601. The highest BCUT2D eigenvalue weighted by atomic mass is 16.1. The van der Waals surface area contributed by atoms with Crippen LogP contribution in [0.5, 0.6) is 0 Å². The van der Waals surface area contributed by atoms with Gasteiger partial charge in [-0.3, -0.25) is 14.3 Å². The Bertz CT molecular complexity index is 940. The number of rotatable bonds is 2. The molecule has 0 aliphatic heterocycles. The number of benzene rings is 1. The molecule has 2 heterocycles. The quantitative estimate of drug-likeness (QED) is 0.790. The summed E-state index contributed by atoms with van der Waals surface area (Å²) in [7, 11) is 1.73. The minimum absolute atomic E-state index is 0.0730. The van der Waals surface area contributed by atoms with Gasteiger partial charge in [0.15, 0.2) is 0 Å². The first-order valence-corrected chi connectivity index (χ1v) is 7.58. The number of nitrogens with two attached hydrogens (primary N) is 1. The molecule has 0 spiro atoms. The van der Waals surface area contributed by atoms with Crippen molar-refractivity contribution in [2.75, 3.05) is 0 Å². The summed E-state index contributed by atoms with van der Waals surface area (Å²) in [5.41, 5.74) is 10.3. The summed E-state index contributed by atoms with van der Waals surface area (Å²) in [5.74, 6) is 0.598. The number of aryl methyl sites for hydroxylation is 2. The summed E-state index contributed by atoms with van der Waals surface area (Å²) in [6.45, 7) is 5.79. The van der Waals surface area contributed by atoms with Crippen molar-refractivity contribution in [1.82, 2.24) is 14.5 Å². The molecule has 2 N–H and O–H groups in total. The van der Waals surface area contributed by atoms with Crippen molar-refractivity contribution in [1.29, 1.82) is 0 Å². The predicted octanol–water partition coefficient (Wildman–Crippen LogP) is 2.63. The molecule has 0 aliphatic rings. The van der Waals surface area contributed by atoms with Gasteiger partial charge in [0, 0.05) is 30.5 Å². The molecule has 5 heteroatoms. The van der Waals surface area contributed by atoms with Crippen LogP contribution in [0.25, 0.3) is 22.3 Å². The predicted molar refractivity (Wildman–Crippen MR) is 92.3 cm³/mol. The van der Waals surface area contributed by atoms with Crippen molar-refractivity contribution in [3.63, 3.8) is 0 Å². The van der Waals surface area contributed by atoms with E-state index in [-0.39, 0.29) is 11.6 Å². The third-order valence-corrected chi connectivity index (χ3v) is 4.01. The summed E-state index contributed by atoms with van der Waals surface area (Å²) >= 11 is 0. The molecule has 23 heavy (non-hydrogen) atoms. The molecule has 0 amide bonds. The highest BCUT2D eigenvalue weighted by molar-refractivity contribution is 5.84. The molecule has 0 radical (unpaired) electrons. The van der Waals surface area contributed by atoms with E-state index in [1.165, 1.54) is 0 Å². The van der Waals surface area contributed by atoms with Crippen molar-refractivity contribution in [3.8, 4) is 11.4 Å². The van der Waals surface area contributed by atoms with Crippen molar-refractivity contribution in [2.24, 2.45) is 12.8 Å². The second-order valence-electron chi connectivity index (χ2n) is 6.03. The van der Waals surface area contributed by atoms with Crippen LogP contribution in [-0.4, -0.2) is 14.5 Å². The van der Waals surface area contributed by atoms with Gasteiger partial charge in [-0.2, -0.15) is 0 Å². The van der Waals surface area contributed by atoms with E-state index in [1.54, 1.807) is 17.8 Å². The van der Waals surface area contributed by atoms with Crippen molar-refractivity contribution >= 4 is 10.9 Å². The molecule has 1 aromatic carbocycles. The third-order valence-electron chi connectivity index (χ3n) is 4.01. The first-order valence-electron chi connectivity index (χ1n) is 7.58. The molecule has 3 aromatic rings. The molecule has 1 atom stereocenters. The normalized spacial score (nSPS) is 12.6. The van der Waals surface area contributed by atoms with Crippen LogP contribution in [0.3, 0.4) is 0 Å². The van der Waals surface area contributed by atoms with Crippen LogP contribution in [0.15, 0.2) is 35.3 Å². The highest BCUT2D eigenvalue weighted by Crippen LogP contribution is 2.24. The molecule has 0 saturated heterocycles. The molecule has 1 unspecified atom stereocenters. The lowest BCUT2D eigenvalue weighted by Gasteiger charge is -2.14. The second kappa shape index (κ2) is 5.59. The summed E-state index contributed by atoms with van der Waals surface area (Å²) < 4.78 is 1.57. The monoisotopic (exact) mass is 308 g/mol. The molecule has 0 bridgehead atoms. The maximum absolute atomic E-state index is 12.8. The van der Waals surface area contributed by atoms with Gasteiger partial charge < -0.3 is 5.73 Å². The molecule has 5 nitrogen and oxygen atoms in total. The van der Waals surface area contributed by atoms with E-state index in [1.807, 2.05) is 45.0 Å². The van der Waals surface area contributed by atoms with Crippen LogP contribution in [0.4, 0.5) is 0 Å². The first-order chi connectivity index (χ1) is 10.9. The van der Waals surface area contributed by atoms with Gasteiger partial charge in [-0.1, -0.05) is 6.07 Å². The van der Waals surface area contributed by atoms with Gasteiger partial charge in [0.25, 0.3) is 5.56 Å². The SMILES string of the molecule is Cc1cc(C(C)N)c2nc(-c3ccc(C)nc3)n(C)c(=O)c2c1. The number of fused-ring (bicyclic) bond motifs is 1. The Kier molecular flexibility index (Phi) is 3.74. The van der Waals surface area contributed by atoms with Gasteiger partial charge in [0.05, 0.1) is 10.9 Å². The minimum Gasteiger partial charge on any atom is -0.324 e. The topological polar surface area (TPSA) is 73.8 Å². The van der Waals surface area contributed by atoms with Crippen LogP contribution in [-0.2, 0) is 7.05 Å². The fourth-order valence-corrected chi connectivity index (χ4v) is 2.76. The fourth-order valence-electron chi connectivity index (χ4n) is 2.76. The Morgan fingerprint density at radius 2 is 1.96 bits per heavy atom. The Morgan fingerprint density at radius 3 is 2.57 bits per heavy atom. The number of hydrogen-bond donors (Lipinski definition) is 1. The van der Waals surface area contributed by atoms with E-state index in [9.17, 15) is 4.79 Å². The fraction of sp³-hybridized carbons (Fsp3) is 0.278. The van der Waals surface area contributed by atoms with Gasteiger partial charge in [-0.15, -0.1) is 0 Å². The average molecular weight is 308 g/mol. The van der Waals surface area contributed by atoms with Gasteiger partial charge in [0.1, 0.15) is 5.82 Å². The number of aromatic nitrogens is 3. The molecule has 3 rings (SSSR count). The maximum Gasteiger partial charge on any atom is 0.261 e. The molecule has 0 fully saturated rings. The Labute approximate surface area is 134 Å². The van der Waals surface area contributed by atoms with Gasteiger partial charge in [-0.05, 0) is 50.1 Å². The highest BCUT2D eigenvalue weighted by Gasteiger charge is 2.15. The molecular formula is C18H20N4O. The second-order valence-corrected chi connectivity index (χ2v) is 6.03. The molecule has 0 aliphatic carbocycles. The third kappa shape index (κ3) is 2.64. The minimum atomic E-state index is -0.194. The van der Waals surface area contributed by atoms with E-state index in [0.717, 1.165) is 22.4 Å². The lowest BCUT2D eigenvalue weighted by atomic mass is 10.0. The largest absolute Gasteiger partial charge is 0.324 e. The van der Waals surface area contributed by atoms with Crippen molar-refractivity contribution in [2.45, 2.75) is 26.8 Å². The standard InChI is InChI=1S/C18H20N4O/c1-10-7-14(12(3)19)16-15(8-10)18(23)22(4)17(21-16)13-6-5-11(2)20-9-13/h5-9,12H,19H2,1-4H3. The maximum atomic E-state index is 12.8. The number of nitrogens with zero attached hydrogens (tertiary/aromatic N) is 3. The van der Waals surface area contributed by atoms with E-state index in [0.29, 0.717) is 16.7 Å². The first kappa shape index (κ1) is 15.4. The Morgan fingerprint density at radius 1 is 1.22 bits per heavy atom. The van der Waals surface area contributed by atoms with Crippen molar-refractivity contribution in [3.05, 3.63) is 57.6 Å². The van der Waals surface area contributed by atoms with Gasteiger partial charge in [0.2, 0.25) is 0 Å². The zero-order valence-corrected chi connectivity index (χ0v) is 13.8. The molecular weight excluding hydrogens is 288 g/mol. The molecule has 118 valence electrons.